The van der Waals surface area contributed by atoms with Crippen molar-refractivity contribution in [3.63, 3.8) is 0 Å². The number of amides is 1. The molecule has 0 fully saturated rings. The van der Waals surface area contributed by atoms with E-state index in [0.29, 0.717) is 6.42 Å². The van der Waals surface area contributed by atoms with Crippen molar-refractivity contribution in [2.24, 2.45) is 5.41 Å². The molecule has 0 aliphatic carbocycles. The molecular weight excluding hydrogens is 503 g/mol. The van der Waals surface area contributed by atoms with Crippen LogP contribution in [0.5, 0.6) is 0 Å². The van der Waals surface area contributed by atoms with E-state index in [4.69, 9.17) is 0 Å². The zero-order valence-electron chi connectivity index (χ0n) is 18.4. The van der Waals surface area contributed by atoms with Gasteiger partial charge in [-0.25, -0.2) is 0 Å². The van der Waals surface area contributed by atoms with Crippen molar-refractivity contribution in [2.75, 3.05) is 16.8 Å². The lowest BCUT2D eigenvalue weighted by Crippen LogP contribution is -2.31. The number of nitrogens with zero attached hydrogens (tertiary/aromatic N) is 1. The van der Waals surface area contributed by atoms with Gasteiger partial charge < -0.3 is 10.2 Å². The zero-order chi connectivity index (χ0) is 21.9. The van der Waals surface area contributed by atoms with Crippen molar-refractivity contribution in [3.05, 3.63) is 58.1 Å². The number of anilines is 2. The average molecular weight is 532 g/mol. The number of rotatable bonds is 3. The molecule has 3 nitrogen and oxygen atoms in total. The van der Waals surface area contributed by atoms with Crippen molar-refractivity contribution < 1.29 is 4.79 Å². The van der Waals surface area contributed by atoms with Gasteiger partial charge in [-0.3, -0.25) is 4.79 Å². The number of carbonyl (C=O) groups is 1. The summed E-state index contributed by atoms with van der Waals surface area (Å²) in [5, 5.41) is 6.21. The molecule has 0 saturated heterocycles. The summed E-state index contributed by atoms with van der Waals surface area (Å²) in [6.07, 6.45) is 1.50. The largest absolute Gasteiger partial charge is 0.367 e. The summed E-state index contributed by atoms with van der Waals surface area (Å²) in [5.41, 5.74) is 8.34. The number of aryl methyl sites for hydroxylation is 1. The van der Waals surface area contributed by atoms with E-state index in [1.165, 1.54) is 31.3 Å². The number of nitrogens with one attached hydrogen (secondary N) is 1. The molecule has 2 aromatic rings. The van der Waals surface area contributed by atoms with Crippen LogP contribution in [0.15, 0.2) is 30.3 Å². The monoisotopic (exact) mass is 532 g/mol. The summed E-state index contributed by atoms with van der Waals surface area (Å²) in [4.78, 5) is 14.9. The SMILES string of the molecule is Cc1cc2c(c(C)c1NC(=O)CC(C)(C)C)CCN(c1ccc(C#CSI)cc1)C2. The van der Waals surface area contributed by atoms with Crippen LogP contribution in [0.1, 0.15) is 55.0 Å². The number of hydrogen-bond acceptors (Lipinski definition) is 3. The first kappa shape index (κ1) is 23.0. The number of benzene rings is 2. The van der Waals surface area contributed by atoms with Crippen LogP contribution in [0.25, 0.3) is 0 Å². The molecule has 2 aromatic carbocycles. The quantitative estimate of drug-likeness (QED) is 0.356. The van der Waals surface area contributed by atoms with Crippen LogP contribution in [0.3, 0.4) is 0 Å². The van der Waals surface area contributed by atoms with E-state index in [1.807, 2.05) is 0 Å². The van der Waals surface area contributed by atoms with Gasteiger partial charge in [0, 0.05) is 57.7 Å². The fourth-order valence-electron chi connectivity index (χ4n) is 4.04. The zero-order valence-corrected chi connectivity index (χ0v) is 21.3. The van der Waals surface area contributed by atoms with Gasteiger partial charge in [0.1, 0.15) is 0 Å². The Morgan fingerprint density at radius 1 is 1.23 bits per heavy atom. The minimum absolute atomic E-state index is 0.0171. The van der Waals surface area contributed by atoms with Crippen molar-refractivity contribution in [1.29, 1.82) is 0 Å². The lowest BCUT2D eigenvalue weighted by atomic mass is 9.90. The van der Waals surface area contributed by atoms with Gasteiger partial charge in [0.25, 0.3) is 0 Å². The van der Waals surface area contributed by atoms with Gasteiger partial charge in [-0.05, 0) is 86.4 Å². The lowest BCUT2D eigenvalue weighted by molar-refractivity contribution is -0.117. The Balaban J connectivity index is 1.79. The summed E-state index contributed by atoms with van der Waals surface area (Å²) in [5.74, 6) is 3.24. The van der Waals surface area contributed by atoms with Crippen molar-refractivity contribution in [1.82, 2.24) is 0 Å². The van der Waals surface area contributed by atoms with Crippen LogP contribution in [0.2, 0.25) is 0 Å². The molecule has 1 N–H and O–H groups in total. The first-order chi connectivity index (χ1) is 14.2. The molecule has 0 radical (unpaired) electrons. The van der Waals surface area contributed by atoms with Crippen LogP contribution in [-0.2, 0) is 17.8 Å². The molecule has 1 heterocycles. The second kappa shape index (κ2) is 9.65. The van der Waals surface area contributed by atoms with E-state index >= 15 is 0 Å². The molecule has 0 unspecified atom stereocenters. The number of fused-ring (bicyclic) bond motifs is 1. The number of carbonyl (C=O) groups excluding carboxylic acids is 1. The van der Waals surface area contributed by atoms with E-state index in [0.717, 1.165) is 36.3 Å². The van der Waals surface area contributed by atoms with Crippen molar-refractivity contribution >= 4 is 47.4 Å². The van der Waals surface area contributed by atoms with Gasteiger partial charge in [-0.15, -0.1) is 0 Å². The van der Waals surface area contributed by atoms with Gasteiger partial charge >= 0.3 is 0 Å². The highest BCUT2D eigenvalue weighted by molar-refractivity contribution is 14.2. The second-order valence-corrected chi connectivity index (χ2v) is 10.8. The Morgan fingerprint density at radius 3 is 2.57 bits per heavy atom. The Bertz CT molecular complexity index is 997. The van der Waals surface area contributed by atoms with E-state index < -0.39 is 0 Å². The molecule has 1 aliphatic rings. The molecule has 1 amide bonds. The first-order valence-corrected chi connectivity index (χ1v) is 13.6. The molecule has 0 aromatic heterocycles. The maximum absolute atomic E-state index is 12.5. The Hall–Kier alpha value is -1.65. The van der Waals surface area contributed by atoms with Gasteiger partial charge in [0.15, 0.2) is 0 Å². The van der Waals surface area contributed by atoms with Crippen LogP contribution < -0.4 is 10.2 Å². The van der Waals surface area contributed by atoms with Gasteiger partial charge in [0.2, 0.25) is 5.91 Å². The third-order valence-corrected chi connectivity index (χ3v) is 6.25. The van der Waals surface area contributed by atoms with Crippen molar-refractivity contribution in [3.8, 4) is 11.2 Å². The summed E-state index contributed by atoms with van der Waals surface area (Å²) >= 11 is 2.19. The molecule has 0 atom stereocenters. The minimum atomic E-state index is -0.0171. The number of hydrogen-bond donors (Lipinski definition) is 1. The summed E-state index contributed by atoms with van der Waals surface area (Å²) in [7, 11) is 1.50. The molecular formula is C25H29IN2OS. The third-order valence-electron chi connectivity index (χ3n) is 5.41. The molecule has 5 heteroatoms. The Labute approximate surface area is 197 Å². The second-order valence-electron chi connectivity index (χ2n) is 9.14. The topological polar surface area (TPSA) is 32.3 Å². The fourth-order valence-corrected chi connectivity index (χ4v) is 4.53. The maximum Gasteiger partial charge on any atom is 0.224 e. The van der Waals surface area contributed by atoms with Crippen LogP contribution in [0, 0.1) is 30.4 Å². The summed E-state index contributed by atoms with van der Waals surface area (Å²) in [6, 6.07) is 10.8. The maximum atomic E-state index is 12.5. The Kier molecular flexibility index (Phi) is 7.41. The highest BCUT2D eigenvalue weighted by Gasteiger charge is 2.23. The molecule has 30 heavy (non-hydrogen) atoms. The van der Waals surface area contributed by atoms with Gasteiger partial charge in [-0.2, -0.15) is 0 Å². The van der Waals surface area contributed by atoms with E-state index in [2.05, 4.69) is 108 Å². The van der Waals surface area contributed by atoms with E-state index in [9.17, 15) is 4.79 Å². The van der Waals surface area contributed by atoms with Gasteiger partial charge in [0.05, 0.1) is 0 Å². The van der Waals surface area contributed by atoms with Crippen LogP contribution >= 0.6 is 30.1 Å². The molecule has 0 saturated carbocycles. The minimum Gasteiger partial charge on any atom is -0.367 e. The molecule has 1 aliphatic heterocycles. The van der Waals surface area contributed by atoms with Crippen LogP contribution in [-0.4, -0.2) is 12.5 Å². The smallest absolute Gasteiger partial charge is 0.224 e. The first-order valence-electron chi connectivity index (χ1n) is 10.2. The summed E-state index contributed by atoms with van der Waals surface area (Å²) < 4.78 is 0. The highest BCUT2D eigenvalue weighted by atomic mass is 127. The molecule has 0 spiro atoms. The van der Waals surface area contributed by atoms with E-state index in [1.54, 1.807) is 0 Å². The number of halogens is 1. The third kappa shape index (κ3) is 5.73. The molecule has 0 bridgehead atoms. The lowest BCUT2D eigenvalue weighted by Gasteiger charge is -2.33. The van der Waals surface area contributed by atoms with Gasteiger partial charge in [-0.1, -0.05) is 32.8 Å². The van der Waals surface area contributed by atoms with Crippen molar-refractivity contribution in [2.45, 2.75) is 54.0 Å². The van der Waals surface area contributed by atoms with E-state index in [-0.39, 0.29) is 11.3 Å². The van der Waals surface area contributed by atoms with Crippen LogP contribution in [0.4, 0.5) is 11.4 Å². The average Bonchev–Trinajstić information content (AvgIpc) is 2.68. The molecule has 158 valence electrons. The Morgan fingerprint density at radius 2 is 1.93 bits per heavy atom. The molecule has 3 rings (SSSR count). The highest BCUT2D eigenvalue weighted by Crippen LogP contribution is 2.33. The summed E-state index contributed by atoms with van der Waals surface area (Å²) in [6.45, 7) is 12.4. The predicted molar refractivity (Wildman–Crippen MR) is 138 cm³/mol. The predicted octanol–water partition coefficient (Wildman–Crippen LogP) is 6.63. The fraction of sp³-hybridized carbons (Fsp3) is 0.400. The normalized spacial score (nSPS) is 13.3. The standard InChI is InChI=1S/C25H29IN2OS/c1-17-14-20-16-28(21-8-6-19(7-9-21)11-13-30-26)12-10-22(20)18(2)24(17)27-23(29)15-25(3,4)5/h6-9,14H,10,12,15-16H2,1-5H3,(H,27,29).